The van der Waals surface area contributed by atoms with Gasteiger partial charge in [-0.1, -0.05) is 0 Å². The highest BCUT2D eigenvalue weighted by atomic mass is 32.2. The monoisotopic (exact) mass is 410 g/mol. The van der Waals surface area contributed by atoms with Crippen molar-refractivity contribution < 1.29 is 26.7 Å². The molecule has 1 saturated heterocycles. The average molecular weight is 410 g/mol. The lowest BCUT2D eigenvalue weighted by Gasteiger charge is -2.31. The number of carbonyl (C=O) groups excluding carboxylic acids is 1. The van der Waals surface area contributed by atoms with Crippen molar-refractivity contribution in [1.82, 2.24) is 4.31 Å². The lowest BCUT2D eigenvalue weighted by Crippen LogP contribution is -2.43. The molecule has 1 aliphatic heterocycles. The molecular formula is C19H20F2N2O4S. The Hall–Kier alpha value is -2.52. The first-order valence-corrected chi connectivity index (χ1v) is 10.2. The molecular weight excluding hydrogens is 390 g/mol. The van der Waals surface area contributed by atoms with Gasteiger partial charge in [0.05, 0.1) is 13.0 Å². The molecule has 0 aromatic heterocycles. The molecule has 3 rings (SSSR count). The van der Waals surface area contributed by atoms with Crippen molar-refractivity contribution in [2.45, 2.75) is 17.7 Å². The molecule has 1 unspecified atom stereocenters. The Morgan fingerprint density at radius 1 is 1.14 bits per heavy atom. The third-order valence-electron chi connectivity index (χ3n) is 4.61. The van der Waals surface area contributed by atoms with Crippen LogP contribution in [0.5, 0.6) is 5.75 Å². The van der Waals surface area contributed by atoms with E-state index >= 15 is 0 Å². The molecule has 9 heteroatoms. The normalized spacial score (nSPS) is 17.9. The van der Waals surface area contributed by atoms with Crippen LogP contribution >= 0.6 is 0 Å². The SMILES string of the molecule is COc1ccc(F)cc1S(=O)(=O)N1CCCC(C(=O)Nc2ccc(F)cc2)C1. The third kappa shape index (κ3) is 4.31. The number of anilines is 1. The van der Waals surface area contributed by atoms with Crippen LogP contribution in [0.15, 0.2) is 47.4 Å². The molecule has 1 N–H and O–H groups in total. The second kappa shape index (κ2) is 8.24. The molecule has 1 atom stereocenters. The van der Waals surface area contributed by atoms with Crippen LogP contribution in [-0.2, 0) is 14.8 Å². The fourth-order valence-corrected chi connectivity index (χ4v) is 4.83. The van der Waals surface area contributed by atoms with Gasteiger partial charge in [0.2, 0.25) is 15.9 Å². The van der Waals surface area contributed by atoms with E-state index in [0.717, 1.165) is 12.1 Å². The highest BCUT2D eigenvalue weighted by Gasteiger charge is 2.35. The Labute approximate surface area is 162 Å². The predicted molar refractivity (Wildman–Crippen MR) is 99.5 cm³/mol. The number of rotatable bonds is 5. The van der Waals surface area contributed by atoms with Gasteiger partial charge in [-0.05, 0) is 55.3 Å². The van der Waals surface area contributed by atoms with Crippen LogP contribution in [0.3, 0.4) is 0 Å². The highest BCUT2D eigenvalue weighted by molar-refractivity contribution is 7.89. The number of amides is 1. The van der Waals surface area contributed by atoms with Crippen molar-refractivity contribution in [3.05, 3.63) is 54.1 Å². The van der Waals surface area contributed by atoms with Crippen LogP contribution in [0.1, 0.15) is 12.8 Å². The van der Waals surface area contributed by atoms with Gasteiger partial charge in [-0.3, -0.25) is 4.79 Å². The second-order valence-electron chi connectivity index (χ2n) is 6.49. The minimum absolute atomic E-state index is 0.0327. The van der Waals surface area contributed by atoms with E-state index in [9.17, 15) is 22.0 Å². The van der Waals surface area contributed by atoms with Crippen LogP contribution in [0.4, 0.5) is 14.5 Å². The molecule has 1 amide bonds. The zero-order valence-corrected chi connectivity index (χ0v) is 16.0. The maximum absolute atomic E-state index is 13.6. The van der Waals surface area contributed by atoms with Crippen molar-refractivity contribution in [3.63, 3.8) is 0 Å². The summed E-state index contributed by atoms with van der Waals surface area (Å²) >= 11 is 0. The van der Waals surface area contributed by atoms with Crippen molar-refractivity contribution >= 4 is 21.6 Å². The van der Waals surface area contributed by atoms with Gasteiger partial charge in [-0.2, -0.15) is 4.31 Å². The molecule has 6 nitrogen and oxygen atoms in total. The Morgan fingerprint density at radius 3 is 2.50 bits per heavy atom. The molecule has 28 heavy (non-hydrogen) atoms. The lowest BCUT2D eigenvalue weighted by molar-refractivity contribution is -0.120. The molecule has 150 valence electrons. The van der Waals surface area contributed by atoms with E-state index in [0.29, 0.717) is 18.5 Å². The minimum Gasteiger partial charge on any atom is -0.495 e. The lowest BCUT2D eigenvalue weighted by atomic mass is 9.99. The molecule has 1 aliphatic rings. The minimum atomic E-state index is -4.03. The van der Waals surface area contributed by atoms with Gasteiger partial charge in [-0.25, -0.2) is 17.2 Å². The molecule has 2 aromatic rings. The first kappa shape index (κ1) is 20.2. The number of methoxy groups -OCH3 is 1. The zero-order valence-electron chi connectivity index (χ0n) is 15.2. The van der Waals surface area contributed by atoms with E-state index in [2.05, 4.69) is 5.32 Å². The van der Waals surface area contributed by atoms with E-state index in [4.69, 9.17) is 4.74 Å². The largest absolute Gasteiger partial charge is 0.495 e. The number of hydrogen-bond acceptors (Lipinski definition) is 4. The molecule has 0 bridgehead atoms. The molecule has 1 heterocycles. The van der Waals surface area contributed by atoms with Gasteiger partial charge in [0.25, 0.3) is 0 Å². The van der Waals surface area contributed by atoms with Crippen LogP contribution in [-0.4, -0.2) is 38.8 Å². The summed E-state index contributed by atoms with van der Waals surface area (Å²) in [6.45, 7) is 0.192. The Balaban J connectivity index is 1.78. The van der Waals surface area contributed by atoms with Gasteiger partial charge in [0, 0.05) is 18.8 Å². The standard InChI is InChI=1S/C19H20F2N2O4S/c1-27-17-9-6-15(21)11-18(17)28(25,26)23-10-2-3-13(12-23)19(24)22-16-7-4-14(20)5-8-16/h4-9,11,13H,2-3,10,12H2,1H3,(H,22,24). The summed E-state index contributed by atoms with van der Waals surface area (Å²) in [6.07, 6.45) is 0.998. The number of benzene rings is 2. The molecule has 0 aliphatic carbocycles. The summed E-state index contributed by atoms with van der Waals surface area (Å²) in [6, 6.07) is 8.60. The molecule has 2 aromatic carbocycles. The van der Waals surface area contributed by atoms with E-state index < -0.39 is 27.6 Å². The highest BCUT2D eigenvalue weighted by Crippen LogP contribution is 2.30. The maximum Gasteiger partial charge on any atom is 0.246 e. The van der Waals surface area contributed by atoms with E-state index in [1.165, 1.54) is 41.7 Å². The van der Waals surface area contributed by atoms with Crippen LogP contribution in [0.2, 0.25) is 0 Å². The van der Waals surface area contributed by atoms with Crippen molar-refractivity contribution in [3.8, 4) is 5.75 Å². The van der Waals surface area contributed by atoms with E-state index in [-0.39, 0.29) is 29.6 Å². The first-order chi connectivity index (χ1) is 13.3. The fourth-order valence-electron chi connectivity index (χ4n) is 3.14. The Kier molecular flexibility index (Phi) is 5.95. The summed E-state index contributed by atoms with van der Waals surface area (Å²) in [4.78, 5) is 12.3. The summed E-state index contributed by atoms with van der Waals surface area (Å²) in [5, 5.41) is 2.67. The van der Waals surface area contributed by atoms with Gasteiger partial charge in [0.15, 0.2) is 0 Å². The van der Waals surface area contributed by atoms with Gasteiger partial charge in [0.1, 0.15) is 22.3 Å². The zero-order chi connectivity index (χ0) is 20.3. The maximum atomic E-state index is 13.6. The molecule has 0 saturated carbocycles. The summed E-state index contributed by atoms with van der Waals surface area (Å²) in [5.74, 6) is -2.00. The number of sulfonamides is 1. The second-order valence-corrected chi connectivity index (χ2v) is 8.40. The molecule has 0 spiro atoms. The number of hydrogen-bond donors (Lipinski definition) is 1. The predicted octanol–water partition coefficient (Wildman–Crippen LogP) is 3.01. The van der Waals surface area contributed by atoms with Crippen molar-refractivity contribution in [2.75, 3.05) is 25.5 Å². The molecule has 1 fully saturated rings. The van der Waals surface area contributed by atoms with Gasteiger partial charge in [-0.15, -0.1) is 0 Å². The topological polar surface area (TPSA) is 75.7 Å². The number of nitrogens with one attached hydrogen (secondary N) is 1. The fraction of sp³-hybridized carbons (Fsp3) is 0.316. The first-order valence-electron chi connectivity index (χ1n) is 8.71. The molecule has 0 radical (unpaired) electrons. The van der Waals surface area contributed by atoms with Crippen molar-refractivity contribution in [2.24, 2.45) is 5.92 Å². The Morgan fingerprint density at radius 2 is 1.82 bits per heavy atom. The van der Waals surface area contributed by atoms with Gasteiger partial charge >= 0.3 is 0 Å². The number of piperidine rings is 1. The average Bonchev–Trinajstić information content (AvgIpc) is 2.69. The third-order valence-corrected chi connectivity index (χ3v) is 6.50. The number of ether oxygens (including phenoxy) is 1. The van der Waals surface area contributed by atoms with Crippen LogP contribution < -0.4 is 10.1 Å². The number of nitrogens with zero attached hydrogens (tertiary/aromatic N) is 1. The summed E-state index contributed by atoms with van der Waals surface area (Å²) < 4.78 is 58.8. The Bertz CT molecular complexity index is 964. The summed E-state index contributed by atoms with van der Waals surface area (Å²) in [7, 11) is -2.73. The quantitative estimate of drug-likeness (QED) is 0.822. The van der Waals surface area contributed by atoms with Crippen LogP contribution in [0, 0.1) is 17.6 Å². The van der Waals surface area contributed by atoms with Crippen molar-refractivity contribution in [1.29, 1.82) is 0 Å². The van der Waals surface area contributed by atoms with E-state index in [1.54, 1.807) is 0 Å². The smallest absolute Gasteiger partial charge is 0.246 e. The number of carbonyl (C=O) groups is 1. The van der Waals surface area contributed by atoms with E-state index in [1.807, 2.05) is 0 Å². The van der Waals surface area contributed by atoms with Crippen LogP contribution in [0.25, 0.3) is 0 Å². The summed E-state index contributed by atoms with van der Waals surface area (Å²) in [5.41, 5.74) is 0.429. The number of halogens is 2. The van der Waals surface area contributed by atoms with Gasteiger partial charge < -0.3 is 10.1 Å².